The Hall–Kier alpha value is -1.32. The van der Waals surface area contributed by atoms with Crippen LogP contribution in [0, 0.1) is 0 Å². The van der Waals surface area contributed by atoms with Crippen molar-refractivity contribution in [3.63, 3.8) is 0 Å². The van der Waals surface area contributed by atoms with Crippen LogP contribution >= 0.6 is 0 Å². The quantitative estimate of drug-likeness (QED) is 0.221. The van der Waals surface area contributed by atoms with Crippen molar-refractivity contribution in [2.75, 3.05) is 0 Å². The lowest BCUT2D eigenvalue weighted by Crippen LogP contribution is -2.09. The molecule has 0 radical (unpaired) electrons. The maximum atomic E-state index is 9.51. The number of hydrazone groups is 1. The first-order valence-corrected chi connectivity index (χ1v) is 1.99. The second-order valence-corrected chi connectivity index (χ2v) is 0.876. The molecule has 1 amide bonds. The van der Waals surface area contributed by atoms with Gasteiger partial charge in [-0.05, 0) is 0 Å². The van der Waals surface area contributed by atoms with E-state index in [1.807, 2.05) is 0 Å². The molecule has 8 heavy (non-hydrogen) atoms. The highest BCUT2D eigenvalue weighted by Gasteiger charge is 1.62. The standard InChI is InChI=1S/C4H7N3O/c1-2-6-7-3-5-4-8/h2-4,6H,1H2,(H,5,7,8). The first-order valence-electron chi connectivity index (χ1n) is 1.99. The van der Waals surface area contributed by atoms with E-state index >= 15 is 0 Å². The van der Waals surface area contributed by atoms with Gasteiger partial charge in [0.25, 0.3) is 0 Å². The van der Waals surface area contributed by atoms with Gasteiger partial charge in [-0.2, -0.15) is 5.10 Å². The topological polar surface area (TPSA) is 53.5 Å². The van der Waals surface area contributed by atoms with Gasteiger partial charge in [-0.1, -0.05) is 6.58 Å². The van der Waals surface area contributed by atoms with E-state index in [0.29, 0.717) is 6.41 Å². The van der Waals surface area contributed by atoms with Crippen molar-refractivity contribution < 1.29 is 4.79 Å². The number of carbonyl (C=O) groups excluding carboxylic acids is 1. The average molecular weight is 113 g/mol. The van der Waals surface area contributed by atoms with Gasteiger partial charge in [0.2, 0.25) is 6.41 Å². The van der Waals surface area contributed by atoms with Gasteiger partial charge in [-0.3, -0.25) is 10.2 Å². The number of hydrogen-bond donors (Lipinski definition) is 2. The zero-order valence-electron chi connectivity index (χ0n) is 4.29. The Kier molecular flexibility index (Phi) is 4.74. The highest BCUT2D eigenvalue weighted by atomic mass is 16.1. The number of carbonyl (C=O) groups is 1. The molecule has 0 atom stereocenters. The predicted molar refractivity (Wildman–Crippen MR) is 31.0 cm³/mol. The van der Waals surface area contributed by atoms with Crippen LogP contribution < -0.4 is 10.7 Å². The van der Waals surface area contributed by atoms with Crippen molar-refractivity contribution in [3.8, 4) is 0 Å². The first kappa shape index (κ1) is 6.68. The Morgan fingerprint density at radius 3 is 2.88 bits per heavy atom. The Morgan fingerprint density at radius 1 is 1.62 bits per heavy atom. The molecule has 0 rings (SSSR count). The smallest absolute Gasteiger partial charge is 0.212 e. The van der Waals surface area contributed by atoms with Crippen molar-refractivity contribution >= 4 is 12.7 Å². The minimum absolute atomic E-state index is 0.522. The van der Waals surface area contributed by atoms with Crippen molar-refractivity contribution in [1.82, 2.24) is 10.7 Å². The van der Waals surface area contributed by atoms with E-state index in [0.717, 1.165) is 0 Å². The number of hydrogen-bond acceptors (Lipinski definition) is 3. The van der Waals surface area contributed by atoms with Crippen LogP contribution in [0.3, 0.4) is 0 Å². The van der Waals surface area contributed by atoms with Gasteiger partial charge >= 0.3 is 0 Å². The lowest BCUT2D eigenvalue weighted by Gasteiger charge is -1.83. The summed E-state index contributed by atoms with van der Waals surface area (Å²) in [6, 6.07) is 0. The number of nitrogens with zero attached hydrogens (tertiary/aromatic N) is 1. The summed E-state index contributed by atoms with van der Waals surface area (Å²) in [7, 11) is 0. The third-order valence-electron chi connectivity index (χ3n) is 0.373. The molecule has 4 heteroatoms. The van der Waals surface area contributed by atoms with E-state index < -0.39 is 0 Å². The fraction of sp³-hybridized carbons (Fsp3) is 0. The Balaban J connectivity index is 3.06. The molecule has 0 aromatic heterocycles. The fourth-order valence-electron chi connectivity index (χ4n) is 0.158. The van der Waals surface area contributed by atoms with E-state index in [-0.39, 0.29) is 0 Å². The fourth-order valence-corrected chi connectivity index (χ4v) is 0.158. The molecule has 0 aliphatic rings. The van der Waals surface area contributed by atoms with Crippen molar-refractivity contribution in [2.45, 2.75) is 0 Å². The molecule has 0 aliphatic heterocycles. The largest absolute Gasteiger partial charge is 0.318 e. The molecule has 2 N–H and O–H groups in total. The van der Waals surface area contributed by atoms with Crippen LogP contribution in [0.5, 0.6) is 0 Å². The van der Waals surface area contributed by atoms with Crippen LogP contribution in [-0.2, 0) is 4.79 Å². The molecule has 0 heterocycles. The summed E-state index contributed by atoms with van der Waals surface area (Å²) < 4.78 is 0. The molecule has 0 saturated carbocycles. The molecule has 0 bridgehead atoms. The molecule has 0 aliphatic carbocycles. The second kappa shape index (κ2) is 5.68. The molecule has 0 saturated heterocycles. The van der Waals surface area contributed by atoms with Gasteiger partial charge in [-0.25, -0.2) is 0 Å². The monoisotopic (exact) mass is 113 g/mol. The lowest BCUT2D eigenvalue weighted by molar-refractivity contribution is -0.108. The van der Waals surface area contributed by atoms with E-state index in [1.54, 1.807) is 0 Å². The molecule has 0 spiro atoms. The van der Waals surface area contributed by atoms with Gasteiger partial charge in [0.15, 0.2) is 0 Å². The average Bonchev–Trinajstić information content (AvgIpc) is 1.81. The van der Waals surface area contributed by atoms with Gasteiger partial charge in [-0.15, -0.1) is 0 Å². The van der Waals surface area contributed by atoms with Crippen LogP contribution in [0.1, 0.15) is 0 Å². The molecule has 0 aromatic rings. The molecule has 0 aromatic carbocycles. The summed E-state index contributed by atoms with van der Waals surface area (Å²) >= 11 is 0. The van der Waals surface area contributed by atoms with Crippen LogP contribution in [0.4, 0.5) is 0 Å². The highest BCUT2D eigenvalue weighted by molar-refractivity contribution is 5.71. The minimum Gasteiger partial charge on any atom is -0.318 e. The van der Waals surface area contributed by atoms with Crippen molar-refractivity contribution in [1.29, 1.82) is 0 Å². The summed E-state index contributed by atoms with van der Waals surface area (Å²) in [6.45, 7) is 3.32. The summed E-state index contributed by atoms with van der Waals surface area (Å²) in [6.07, 6.45) is 3.13. The summed E-state index contributed by atoms with van der Waals surface area (Å²) in [5, 5.41) is 5.64. The normalized spacial score (nSPS) is 8.50. The molecular formula is C4H7N3O. The Labute approximate surface area is 47.3 Å². The van der Waals surface area contributed by atoms with Crippen LogP contribution in [0.2, 0.25) is 0 Å². The molecule has 0 unspecified atom stereocenters. The summed E-state index contributed by atoms with van der Waals surface area (Å²) in [5.41, 5.74) is 2.40. The number of amides is 1. The molecule has 4 nitrogen and oxygen atoms in total. The van der Waals surface area contributed by atoms with E-state index in [9.17, 15) is 4.79 Å². The molecule has 0 fully saturated rings. The van der Waals surface area contributed by atoms with Gasteiger partial charge in [0.05, 0.1) is 0 Å². The van der Waals surface area contributed by atoms with Crippen LogP contribution in [0.25, 0.3) is 0 Å². The zero-order chi connectivity index (χ0) is 6.24. The second-order valence-electron chi connectivity index (χ2n) is 0.876. The van der Waals surface area contributed by atoms with Gasteiger partial charge in [0.1, 0.15) is 6.34 Å². The summed E-state index contributed by atoms with van der Waals surface area (Å²) in [5.74, 6) is 0. The van der Waals surface area contributed by atoms with Crippen LogP contribution in [-0.4, -0.2) is 12.7 Å². The Morgan fingerprint density at radius 2 is 2.38 bits per heavy atom. The van der Waals surface area contributed by atoms with Gasteiger partial charge in [0, 0.05) is 6.20 Å². The predicted octanol–water partition coefficient (Wildman–Crippen LogP) is -0.591. The molecular weight excluding hydrogens is 106 g/mol. The maximum Gasteiger partial charge on any atom is 0.212 e. The summed E-state index contributed by atoms with van der Waals surface area (Å²) in [4.78, 5) is 9.51. The third kappa shape index (κ3) is 4.68. The minimum atomic E-state index is 0.522. The Bertz CT molecular complexity index is 87.5. The molecule has 44 valence electrons. The van der Waals surface area contributed by atoms with E-state index in [1.165, 1.54) is 12.5 Å². The lowest BCUT2D eigenvalue weighted by atomic mass is 11.1. The number of rotatable bonds is 4. The number of nitrogens with one attached hydrogen (secondary N) is 2. The van der Waals surface area contributed by atoms with Crippen molar-refractivity contribution in [2.24, 2.45) is 5.10 Å². The van der Waals surface area contributed by atoms with Crippen molar-refractivity contribution in [3.05, 3.63) is 12.8 Å². The highest BCUT2D eigenvalue weighted by Crippen LogP contribution is 1.50. The maximum absolute atomic E-state index is 9.51. The third-order valence-corrected chi connectivity index (χ3v) is 0.373. The van der Waals surface area contributed by atoms with E-state index in [2.05, 4.69) is 22.4 Å². The van der Waals surface area contributed by atoms with Gasteiger partial charge < -0.3 is 5.32 Å². The first-order chi connectivity index (χ1) is 3.91. The SMILES string of the molecule is C=CN/N=C/NC=O. The van der Waals surface area contributed by atoms with Crippen LogP contribution in [0.15, 0.2) is 17.9 Å². The van der Waals surface area contributed by atoms with E-state index in [4.69, 9.17) is 0 Å². The zero-order valence-corrected chi connectivity index (χ0v) is 4.29.